The standard InChI is InChI=1S/C26H26FN5O2S/c1-2-32-15-23(25(33)31-29-13-17-3-6-19(27)7-4-17)22-11-18(5-8-24(22)32)26-30-20(16-35-26)12-21-14-28-9-10-34-21/h3-8,11,13,15-16,21,28H,2,9-10,12,14H2,1H3,(H,31,33). The summed E-state index contributed by atoms with van der Waals surface area (Å²) >= 11 is 1.59. The number of hydrogen-bond donors (Lipinski definition) is 2. The van der Waals surface area contributed by atoms with Crippen LogP contribution >= 0.6 is 11.3 Å². The van der Waals surface area contributed by atoms with Gasteiger partial charge in [0.2, 0.25) is 0 Å². The second-order valence-electron chi connectivity index (χ2n) is 8.36. The Morgan fingerprint density at radius 2 is 2.20 bits per heavy atom. The zero-order chi connectivity index (χ0) is 24.2. The second kappa shape index (κ2) is 10.5. The molecule has 9 heteroatoms. The number of aromatic nitrogens is 2. The third-order valence-electron chi connectivity index (χ3n) is 5.96. The lowest BCUT2D eigenvalue weighted by atomic mass is 10.1. The van der Waals surface area contributed by atoms with Crippen LogP contribution in [0.1, 0.15) is 28.5 Å². The first kappa shape index (κ1) is 23.3. The monoisotopic (exact) mass is 491 g/mol. The van der Waals surface area contributed by atoms with Crippen molar-refractivity contribution in [2.24, 2.45) is 5.10 Å². The van der Waals surface area contributed by atoms with E-state index in [-0.39, 0.29) is 17.8 Å². The van der Waals surface area contributed by atoms with Crippen molar-refractivity contribution < 1.29 is 13.9 Å². The number of aryl methyl sites for hydroxylation is 1. The molecular formula is C26H26FN5O2S. The van der Waals surface area contributed by atoms with E-state index < -0.39 is 0 Å². The van der Waals surface area contributed by atoms with Crippen LogP contribution in [0.5, 0.6) is 0 Å². The van der Waals surface area contributed by atoms with E-state index in [1.807, 2.05) is 35.9 Å². The Kier molecular flexibility index (Phi) is 6.98. The SMILES string of the molecule is CCn1cc(C(=O)NN=Cc2ccc(F)cc2)c2cc(-c3nc(CC4CNCCO4)cs3)ccc21. The summed E-state index contributed by atoms with van der Waals surface area (Å²) in [4.78, 5) is 17.8. The lowest BCUT2D eigenvalue weighted by Gasteiger charge is -2.22. The third kappa shape index (κ3) is 5.32. The minimum absolute atomic E-state index is 0.144. The molecule has 1 unspecified atom stereocenters. The molecule has 0 radical (unpaired) electrons. The van der Waals surface area contributed by atoms with Crippen molar-refractivity contribution in [2.75, 3.05) is 19.7 Å². The van der Waals surface area contributed by atoms with Gasteiger partial charge in [-0.15, -0.1) is 11.3 Å². The first-order valence-corrected chi connectivity index (χ1v) is 12.5. The van der Waals surface area contributed by atoms with Crippen molar-refractivity contribution in [3.8, 4) is 10.6 Å². The number of halogens is 1. The van der Waals surface area contributed by atoms with E-state index in [0.717, 1.165) is 59.8 Å². The molecule has 1 amide bonds. The molecule has 5 rings (SSSR count). The molecule has 0 saturated carbocycles. The maximum atomic E-state index is 13.1. The number of rotatable bonds is 7. The van der Waals surface area contributed by atoms with Crippen LogP contribution in [0.3, 0.4) is 0 Å². The zero-order valence-electron chi connectivity index (χ0n) is 19.3. The van der Waals surface area contributed by atoms with Gasteiger partial charge < -0.3 is 14.6 Å². The number of hydrogen-bond acceptors (Lipinski definition) is 6. The molecule has 180 valence electrons. The van der Waals surface area contributed by atoms with Gasteiger partial charge in [0, 0.05) is 54.1 Å². The van der Waals surface area contributed by atoms with E-state index in [1.165, 1.54) is 18.3 Å². The molecule has 1 aliphatic heterocycles. The molecule has 1 fully saturated rings. The van der Waals surface area contributed by atoms with E-state index in [4.69, 9.17) is 9.72 Å². The molecule has 2 aromatic carbocycles. The molecule has 1 aliphatic rings. The molecule has 2 aromatic heterocycles. The van der Waals surface area contributed by atoms with Crippen molar-refractivity contribution in [3.05, 3.63) is 76.7 Å². The van der Waals surface area contributed by atoms with Gasteiger partial charge in [-0.1, -0.05) is 12.1 Å². The molecule has 0 aliphatic carbocycles. The van der Waals surface area contributed by atoms with Gasteiger partial charge in [0.15, 0.2) is 0 Å². The van der Waals surface area contributed by atoms with Crippen LogP contribution < -0.4 is 10.7 Å². The van der Waals surface area contributed by atoms with Crippen LogP contribution in [0.2, 0.25) is 0 Å². The Bertz CT molecular complexity index is 1360. The summed E-state index contributed by atoms with van der Waals surface area (Å²) in [5.74, 6) is -0.625. The summed E-state index contributed by atoms with van der Waals surface area (Å²) in [6, 6.07) is 12.0. The van der Waals surface area contributed by atoms with Crippen molar-refractivity contribution >= 4 is 34.4 Å². The van der Waals surface area contributed by atoms with Gasteiger partial charge in [0.1, 0.15) is 10.8 Å². The average Bonchev–Trinajstić information content (AvgIpc) is 3.50. The fourth-order valence-electron chi connectivity index (χ4n) is 4.16. The predicted octanol–water partition coefficient (Wildman–Crippen LogP) is 4.22. The van der Waals surface area contributed by atoms with E-state index in [9.17, 15) is 9.18 Å². The van der Waals surface area contributed by atoms with Crippen LogP contribution in [0.4, 0.5) is 4.39 Å². The van der Waals surface area contributed by atoms with Gasteiger partial charge in [0.25, 0.3) is 5.91 Å². The normalized spacial score (nSPS) is 16.2. The Labute approximate surface area is 206 Å². The summed E-state index contributed by atoms with van der Waals surface area (Å²) < 4.78 is 20.9. The highest BCUT2D eigenvalue weighted by Gasteiger charge is 2.18. The quantitative estimate of drug-likeness (QED) is 0.300. The smallest absolute Gasteiger partial charge is 0.273 e. The highest BCUT2D eigenvalue weighted by Crippen LogP contribution is 2.30. The Hall–Kier alpha value is -3.40. The first-order chi connectivity index (χ1) is 17.1. The van der Waals surface area contributed by atoms with Crippen LogP contribution in [0.25, 0.3) is 21.5 Å². The number of carbonyl (C=O) groups is 1. The summed E-state index contributed by atoms with van der Waals surface area (Å²) in [5.41, 5.74) is 6.78. The molecular weight excluding hydrogens is 465 g/mol. The minimum Gasteiger partial charge on any atom is -0.375 e. The highest BCUT2D eigenvalue weighted by molar-refractivity contribution is 7.13. The number of nitrogens with one attached hydrogen (secondary N) is 2. The summed E-state index contributed by atoms with van der Waals surface area (Å²) in [7, 11) is 0. The number of nitrogens with zero attached hydrogens (tertiary/aromatic N) is 3. The van der Waals surface area contributed by atoms with Crippen LogP contribution in [0, 0.1) is 5.82 Å². The number of morpholine rings is 1. The van der Waals surface area contributed by atoms with E-state index in [0.29, 0.717) is 11.1 Å². The van der Waals surface area contributed by atoms with Crippen molar-refractivity contribution in [1.82, 2.24) is 20.3 Å². The van der Waals surface area contributed by atoms with Gasteiger partial charge in [-0.3, -0.25) is 4.79 Å². The highest BCUT2D eigenvalue weighted by atomic mass is 32.1. The third-order valence-corrected chi connectivity index (χ3v) is 6.90. The fraction of sp³-hybridized carbons (Fsp3) is 0.269. The van der Waals surface area contributed by atoms with Gasteiger partial charge in [0.05, 0.1) is 30.2 Å². The lowest BCUT2D eigenvalue weighted by Crippen LogP contribution is -2.39. The molecule has 1 saturated heterocycles. The zero-order valence-corrected chi connectivity index (χ0v) is 20.1. The van der Waals surface area contributed by atoms with Crippen LogP contribution in [-0.2, 0) is 17.7 Å². The largest absolute Gasteiger partial charge is 0.375 e. The number of hydrazone groups is 1. The molecule has 35 heavy (non-hydrogen) atoms. The number of fused-ring (bicyclic) bond motifs is 1. The first-order valence-electron chi connectivity index (χ1n) is 11.6. The van der Waals surface area contributed by atoms with Crippen molar-refractivity contribution in [1.29, 1.82) is 0 Å². The lowest BCUT2D eigenvalue weighted by molar-refractivity contribution is 0.0287. The second-order valence-corrected chi connectivity index (χ2v) is 9.21. The number of benzene rings is 2. The van der Waals surface area contributed by atoms with Crippen LogP contribution in [-0.4, -0.2) is 47.5 Å². The molecule has 1 atom stereocenters. The molecule has 2 N–H and O–H groups in total. The average molecular weight is 492 g/mol. The molecule has 7 nitrogen and oxygen atoms in total. The maximum absolute atomic E-state index is 13.1. The molecule has 0 bridgehead atoms. The van der Waals surface area contributed by atoms with Crippen LogP contribution in [0.15, 0.2) is 59.1 Å². The number of carbonyl (C=O) groups excluding carboxylic acids is 1. The maximum Gasteiger partial charge on any atom is 0.273 e. The minimum atomic E-state index is -0.318. The Morgan fingerprint density at radius 3 is 2.97 bits per heavy atom. The molecule has 4 aromatic rings. The predicted molar refractivity (Wildman–Crippen MR) is 136 cm³/mol. The van der Waals surface area contributed by atoms with Gasteiger partial charge in [-0.05, 0) is 42.8 Å². The van der Waals surface area contributed by atoms with E-state index in [2.05, 4.69) is 21.2 Å². The Morgan fingerprint density at radius 1 is 1.34 bits per heavy atom. The molecule has 0 spiro atoms. The van der Waals surface area contributed by atoms with E-state index >= 15 is 0 Å². The number of amides is 1. The fourth-order valence-corrected chi connectivity index (χ4v) is 4.99. The molecule has 3 heterocycles. The van der Waals surface area contributed by atoms with Gasteiger partial charge in [-0.2, -0.15) is 5.10 Å². The number of ether oxygens (including phenoxy) is 1. The Balaban J connectivity index is 1.37. The summed E-state index contributed by atoms with van der Waals surface area (Å²) in [5, 5.41) is 11.2. The van der Waals surface area contributed by atoms with Crippen molar-refractivity contribution in [2.45, 2.75) is 26.0 Å². The van der Waals surface area contributed by atoms with Crippen molar-refractivity contribution in [3.63, 3.8) is 0 Å². The van der Waals surface area contributed by atoms with E-state index in [1.54, 1.807) is 23.5 Å². The topological polar surface area (TPSA) is 80.5 Å². The van der Waals surface area contributed by atoms with Gasteiger partial charge in [-0.25, -0.2) is 14.8 Å². The van der Waals surface area contributed by atoms with Gasteiger partial charge >= 0.3 is 0 Å². The number of thiazole rings is 1. The summed E-state index contributed by atoms with van der Waals surface area (Å²) in [6.45, 7) is 5.23. The summed E-state index contributed by atoms with van der Waals surface area (Å²) in [6.07, 6.45) is 4.26.